The third kappa shape index (κ3) is 4.98. The minimum absolute atomic E-state index is 0.575. The van der Waals surface area contributed by atoms with Gasteiger partial charge in [0, 0.05) is 20.6 Å². The third-order valence-corrected chi connectivity index (χ3v) is 3.40. The van der Waals surface area contributed by atoms with Gasteiger partial charge in [0.15, 0.2) is 5.96 Å². The fourth-order valence-corrected chi connectivity index (χ4v) is 2.19. The van der Waals surface area contributed by atoms with Crippen LogP contribution in [0.15, 0.2) is 35.6 Å². The number of aromatic nitrogens is 3. The summed E-state index contributed by atoms with van der Waals surface area (Å²) in [5.41, 5.74) is 1.19. The fourth-order valence-electron chi connectivity index (χ4n) is 2.19. The van der Waals surface area contributed by atoms with E-state index >= 15 is 0 Å². The molecule has 0 atom stereocenters. The summed E-state index contributed by atoms with van der Waals surface area (Å²) in [6, 6.07) is 8.10. The van der Waals surface area contributed by atoms with Crippen LogP contribution in [-0.2, 0) is 20.0 Å². The van der Waals surface area contributed by atoms with Gasteiger partial charge in [-0.2, -0.15) is 5.10 Å². The lowest BCUT2D eigenvalue weighted by molar-refractivity contribution is 0.336. The predicted molar refractivity (Wildman–Crippen MR) is 90.5 cm³/mol. The van der Waals surface area contributed by atoms with E-state index in [9.17, 15) is 0 Å². The second-order valence-electron chi connectivity index (χ2n) is 4.94. The Bertz CT molecular complexity index is 637. The van der Waals surface area contributed by atoms with Gasteiger partial charge in [-0.15, -0.1) is 0 Å². The van der Waals surface area contributed by atoms with E-state index < -0.39 is 0 Å². The van der Waals surface area contributed by atoms with Gasteiger partial charge in [-0.05, 0) is 25.0 Å². The van der Waals surface area contributed by atoms with Crippen LogP contribution in [0, 0.1) is 0 Å². The third-order valence-electron chi connectivity index (χ3n) is 3.40. The van der Waals surface area contributed by atoms with Crippen molar-refractivity contribution in [2.24, 2.45) is 12.0 Å². The molecule has 0 aliphatic heterocycles. The Labute approximate surface area is 136 Å². The zero-order valence-corrected chi connectivity index (χ0v) is 13.9. The van der Waals surface area contributed by atoms with Crippen molar-refractivity contribution in [3.8, 4) is 5.75 Å². The van der Waals surface area contributed by atoms with Gasteiger partial charge in [0.25, 0.3) is 0 Å². The number of benzene rings is 1. The Kier molecular flexibility index (Phi) is 6.40. The number of aliphatic imine (C=N–C) groups is 1. The Morgan fingerprint density at radius 2 is 2.13 bits per heavy atom. The van der Waals surface area contributed by atoms with Crippen molar-refractivity contribution >= 4 is 5.96 Å². The smallest absolute Gasteiger partial charge is 0.191 e. The van der Waals surface area contributed by atoms with Crippen LogP contribution in [-0.4, -0.2) is 40.9 Å². The van der Waals surface area contributed by atoms with Gasteiger partial charge in [0.2, 0.25) is 0 Å². The highest BCUT2D eigenvalue weighted by Crippen LogP contribution is 2.17. The van der Waals surface area contributed by atoms with E-state index in [2.05, 4.69) is 31.8 Å². The molecule has 7 nitrogen and oxygen atoms in total. The number of ether oxygens (including phenoxy) is 1. The van der Waals surface area contributed by atoms with E-state index in [1.807, 2.05) is 32.2 Å². The number of hydrogen-bond donors (Lipinski definition) is 2. The maximum absolute atomic E-state index is 5.64. The van der Waals surface area contributed by atoms with Crippen LogP contribution in [0.1, 0.15) is 18.3 Å². The number of hydrogen-bond acceptors (Lipinski definition) is 4. The molecule has 0 fully saturated rings. The van der Waals surface area contributed by atoms with Crippen LogP contribution in [0.3, 0.4) is 0 Å². The van der Waals surface area contributed by atoms with Gasteiger partial charge < -0.3 is 15.4 Å². The SMILES string of the molecule is CCOc1ccccc1CCNC(=NC)NCc1ncnn1C. The zero-order chi connectivity index (χ0) is 16.5. The molecule has 124 valence electrons. The number of aryl methyl sites for hydroxylation is 1. The highest BCUT2D eigenvalue weighted by Gasteiger charge is 2.05. The van der Waals surface area contributed by atoms with E-state index in [1.54, 1.807) is 11.7 Å². The quantitative estimate of drug-likeness (QED) is 0.591. The summed E-state index contributed by atoms with van der Waals surface area (Å²) in [5, 5.41) is 10.6. The molecule has 2 aromatic rings. The van der Waals surface area contributed by atoms with Gasteiger partial charge in [-0.1, -0.05) is 18.2 Å². The second-order valence-corrected chi connectivity index (χ2v) is 4.94. The molecule has 2 N–H and O–H groups in total. The number of nitrogens with one attached hydrogen (secondary N) is 2. The van der Waals surface area contributed by atoms with Crippen molar-refractivity contribution in [2.45, 2.75) is 19.9 Å². The average Bonchev–Trinajstić information content (AvgIpc) is 2.97. The van der Waals surface area contributed by atoms with E-state index in [-0.39, 0.29) is 0 Å². The summed E-state index contributed by atoms with van der Waals surface area (Å²) < 4.78 is 7.37. The molecule has 0 radical (unpaired) electrons. The molecule has 23 heavy (non-hydrogen) atoms. The van der Waals surface area contributed by atoms with E-state index in [4.69, 9.17) is 4.74 Å². The minimum atomic E-state index is 0.575. The standard InChI is InChI=1S/C16H24N6O/c1-4-23-14-8-6-5-7-13(14)9-10-18-16(17-2)19-11-15-20-12-21-22(15)3/h5-8,12H,4,9-11H2,1-3H3,(H2,17,18,19). The lowest BCUT2D eigenvalue weighted by Crippen LogP contribution is -2.38. The second kappa shape index (κ2) is 8.77. The van der Waals surface area contributed by atoms with Crippen molar-refractivity contribution < 1.29 is 4.74 Å². The maximum atomic E-state index is 5.64. The Balaban J connectivity index is 1.81. The van der Waals surface area contributed by atoms with Crippen molar-refractivity contribution in [3.63, 3.8) is 0 Å². The predicted octanol–water partition coefficient (Wildman–Crippen LogP) is 1.12. The molecule has 1 heterocycles. The molecule has 0 aliphatic carbocycles. The van der Waals surface area contributed by atoms with Gasteiger partial charge >= 0.3 is 0 Å². The number of guanidine groups is 1. The summed E-state index contributed by atoms with van der Waals surface area (Å²) in [7, 11) is 3.62. The molecule has 2 rings (SSSR count). The molecule has 7 heteroatoms. The van der Waals surface area contributed by atoms with E-state index in [0.717, 1.165) is 30.5 Å². The van der Waals surface area contributed by atoms with E-state index in [1.165, 1.54) is 11.9 Å². The van der Waals surface area contributed by atoms with Crippen LogP contribution in [0.2, 0.25) is 0 Å². The van der Waals surface area contributed by atoms with Gasteiger partial charge in [-0.3, -0.25) is 9.67 Å². The summed E-state index contributed by atoms with van der Waals surface area (Å²) in [5.74, 6) is 2.54. The normalized spacial score (nSPS) is 11.3. The topological polar surface area (TPSA) is 76.4 Å². The first-order valence-corrected chi connectivity index (χ1v) is 7.72. The molecule has 0 spiro atoms. The minimum Gasteiger partial charge on any atom is -0.494 e. The highest BCUT2D eigenvalue weighted by molar-refractivity contribution is 5.79. The highest BCUT2D eigenvalue weighted by atomic mass is 16.5. The molecule has 1 aromatic carbocycles. The summed E-state index contributed by atoms with van der Waals surface area (Å²) in [4.78, 5) is 8.38. The first-order chi connectivity index (χ1) is 11.2. The largest absolute Gasteiger partial charge is 0.494 e. The maximum Gasteiger partial charge on any atom is 0.191 e. The lowest BCUT2D eigenvalue weighted by Gasteiger charge is -2.13. The van der Waals surface area contributed by atoms with Crippen molar-refractivity contribution in [1.82, 2.24) is 25.4 Å². The van der Waals surface area contributed by atoms with Gasteiger partial charge in [-0.25, -0.2) is 4.98 Å². The molecule has 1 aromatic heterocycles. The van der Waals surface area contributed by atoms with Gasteiger partial charge in [0.1, 0.15) is 17.9 Å². The Morgan fingerprint density at radius 1 is 1.30 bits per heavy atom. The molecular formula is C16H24N6O. The number of rotatable bonds is 7. The van der Waals surface area contributed by atoms with Crippen LogP contribution in [0.25, 0.3) is 0 Å². The first kappa shape index (κ1) is 16.8. The summed E-state index contributed by atoms with van der Waals surface area (Å²) >= 11 is 0. The molecule has 0 bridgehead atoms. The monoisotopic (exact) mass is 316 g/mol. The first-order valence-electron chi connectivity index (χ1n) is 7.72. The van der Waals surface area contributed by atoms with Gasteiger partial charge in [0.05, 0.1) is 13.2 Å². The molecule has 0 saturated carbocycles. The number of nitrogens with zero attached hydrogens (tertiary/aromatic N) is 4. The molecule has 0 saturated heterocycles. The summed E-state index contributed by atoms with van der Waals surface area (Å²) in [6.07, 6.45) is 2.40. The number of para-hydroxylation sites is 1. The molecule has 0 aliphatic rings. The van der Waals surface area contributed by atoms with Crippen LogP contribution in [0.5, 0.6) is 5.75 Å². The molecular weight excluding hydrogens is 292 g/mol. The summed E-state index contributed by atoms with van der Waals surface area (Å²) in [6.45, 7) is 4.01. The Hall–Kier alpha value is -2.57. The zero-order valence-electron chi connectivity index (χ0n) is 13.9. The van der Waals surface area contributed by atoms with E-state index in [0.29, 0.717) is 13.2 Å². The molecule has 0 unspecified atom stereocenters. The average molecular weight is 316 g/mol. The van der Waals surface area contributed by atoms with Crippen molar-refractivity contribution in [3.05, 3.63) is 42.0 Å². The molecule has 0 amide bonds. The van der Waals surface area contributed by atoms with Crippen LogP contribution in [0.4, 0.5) is 0 Å². The Morgan fingerprint density at radius 3 is 2.83 bits per heavy atom. The van der Waals surface area contributed by atoms with Crippen LogP contribution < -0.4 is 15.4 Å². The fraction of sp³-hybridized carbons (Fsp3) is 0.438. The van der Waals surface area contributed by atoms with Crippen molar-refractivity contribution in [1.29, 1.82) is 0 Å². The van der Waals surface area contributed by atoms with Crippen molar-refractivity contribution in [2.75, 3.05) is 20.2 Å². The lowest BCUT2D eigenvalue weighted by atomic mass is 10.1. The van der Waals surface area contributed by atoms with Crippen LogP contribution >= 0.6 is 0 Å².